The molecule has 0 aliphatic rings. The lowest BCUT2D eigenvalue weighted by atomic mass is 10.0. The summed E-state index contributed by atoms with van der Waals surface area (Å²) in [5, 5.41) is 30.3. The highest BCUT2D eigenvalue weighted by Gasteiger charge is 2.23. The monoisotopic (exact) mass is 798 g/mol. The fraction of sp³-hybridized carbons (Fsp3) is 0.0526. The van der Waals surface area contributed by atoms with Gasteiger partial charge in [-0.3, -0.25) is 28.3 Å². The van der Waals surface area contributed by atoms with E-state index >= 15 is 0 Å². The Kier molecular flexibility index (Phi) is 10.2. The molecular weight excluding hydrogens is 769 g/mol. The summed E-state index contributed by atoms with van der Waals surface area (Å²) in [6, 6.07) is 21.0. The number of carbonyl (C=O) groups is 4. The second kappa shape index (κ2) is 14.8. The number of carbonyl (C=O) groups excluding carboxylic acids is 4. The van der Waals surface area contributed by atoms with Crippen molar-refractivity contribution in [2.24, 2.45) is 0 Å². The lowest BCUT2D eigenvalue weighted by molar-refractivity contribution is -0.132. The molecular formula is C38H30N4O12S2. The van der Waals surface area contributed by atoms with E-state index in [9.17, 15) is 55.3 Å². The number of aromatic hydroxyl groups is 2. The molecule has 0 fully saturated rings. The quantitative estimate of drug-likeness (QED) is 0.0691. The van der Waals surface area contributed by atoms with Gasteiger partial charge < -0.3 is 31.5 Å². The summed E-state index contributed by atoms with van der Waals surface area (Å²) in [4.78, 5) is 51.8. The third-order valence-corrected chi connectivity index (χ3v) is 10.5. The molecule has 0 saturated heterocycles. The smallest absolute Gasteiger partial charge is 0.314 e. The first-order valence-electron chi connectivity index (χ1n) is 16.2. The fourth-order valence-corrected chi connectivity index (χ4v) is 7.44. The topological polar surface area (TPSA) is 266 Å². The van der Waals surface area contributed by atoms with E-state index in [4.69, 9.17) is 0 Å². The minimum atomic E-state index is -4.77. The zero-order valence-corrected chi connectivity index (χ0v) is 30.7. The van der Waals surface area contributed by atoms with Crippen LogP contribution in [0.25, 0.3) is 21.5 Å². The maximum atomic E-state index is 13.4. The zero-order valence-electron chi connectivity index (χ0n) is 29.1. The van der Waals surface area contributed by atoms with E-state index in [-0.39, 0.29) is 66.9 Å². The van der Waals surface area contributed by atoms with Crippen molar-refractivity contribution >= 4 is 88.2 Å². The number of nitrogens with one attached hydrogen (secondary N) is 4. The maximum Gasteiger partial charge on any atom is 0.314 e. The molecule has 0 heterocycles. The molecule has 0 aliphatic heterocycles. The molecule has 0 bridgehead atoms. The Morgan fingerprint density at radius 1 is 0.500 bits per heavy atom. The van der Waals surface area contributed by atoms with Gasteiger partial charge in [0.2, 0.25) is 0 Å². The van der Waals surface area contributed by atoms with E-state index < -0.39 is 53.7 Å². The predicted octanol–water partition coefficient (Wildman–Crippen LogP) is 5.60. The van der Waals surface area contributed by atoms with Crippen molar-refractivity contribution < 1.29 is 55.3 Å². The Morgan fingerprint density at radius 3 is 1.23 bits per heavy atom. The second-order valence-corrected chi connectivity index (χ2v) is 15.2. The van der Waals surface area contributed by atoms with Crippen LogP contribution in [-0.4, -0.2) is 59.8 Å². The number of hydrogen-bond donors (Lipinski definition) is 8. The van der Waals surface area contributed by atoms with E-state index in [1.165, 1.54) is 72.8 Å². The van der Waals surface area contributed by atoms with Gasteiger partial charge in [0, 0.05) is 44.0 Å². The van der Waals surface area contributed by atoms with Crippen molar-refractivity contribution in [2.45, 2.75) is 23.6 Å². The standard InChI is InChI=1S/C38H30N4O12S2/c1-19-9-11-21(17-25(19)35(45)41-27-7-3-5-23-29(43)13-15-31(33(23)27)55(49,50)51)39-37(47)38(48)40-22-12-10-20(2)26(18-22)36(46)42-28-8-4-6-24-30(44)14-16-32(34(24)28)56(52,53)54/h3-18,43-44H,1-2H3,(H,39,47)(H,40,48)(H,41,45)(H,42,46)(H,49,50,51)(H,52,53,54). The average molecular weight is 799 g/mol. The van der Waals surface area contributed by atoms with Crippen LogP contribution in [0.2, 0.25) is 0 Å². The van der Waals surface area contributed by atoms with E-state index in [1.807, 2.05) is 0 Å². The number of phenolic OH excluding ortho intramolecular Hbond substituents is 2. The van der Waals surface area contributed by atoms with Gasteiger partial charge in [-0.1, -0.05) is 36.4 Å². The number of aryl methyl sites for hydroxylation is 2. The molecule has 8 N–H and O–H groups in total. The van der Waals surface area contributed by atoms with Gasteiger partial charge in [-0.25, -0.2) is 0 Å². The summed E-state index contributed by atoms with van der Waals surface area (Å²) in [5.74, 6) is -4.40. The van der Waals surface area contributed by atoms with Gasteiger partial charge in [-0.05, 0) is 85.6 Å². The number of hydrogen-bond acceptors (Lipinski definition) is 10. The van der Waals surface area contributed by atoms with Crippen LogP contribution in [0.5, 0.6) is 11.5 Å². The maximum absolute atomic E-state index is 13.4. The van der Waals surface area contributed by atoms with Crippen molar-refractivity contribution in [3.8, 4) is 11.5 Å². The van der Waals surface area contributed by atoms with E-state index in [1.54, 1.807) is 13.8 Å². The SMILES string of the molecule is Cc1ccc(NC(=O)C(=O)Nc2ccc(C)c(C(=O)Nc3cccc4c(O)ccc(S(=O)(=O)O)c34)c2)cc1C(=O)Nc1cccc2c(O)ccc(S(=O)(=O)O)c12. The lowest BCUT2D eigenvalue weighted by Gasteiger charge is -2.15. The van der Waals surface area contributed by atoms with Gasteiger partial charge in [-0.15, -0.1) is 0 Å². The van der Waals surface area contributed by atoms with E-state index in [2.05, 4.69) is 21.3 Å². The van der Waals surface area contributed by atoms with Gasteiger partial charge in [0.25, 0.3) is 32.1 Å². The third-order valence-electron chi connectivity index (χ3n) is 8.70. The highest BCUT2D eigenvalue weighted by molar-refractivity contribution is 7.86. The highest BCUT2D eigenvalue weighted by Crippen LogP contribution is 2.37. The van der Waals surface area contributed by atoms with Gasteiger partial charge in [0.1, 0.15) is 21.3 Å². The Labute approximate surface area is 318 Å². The molecule has 6 rings (SSSR count). The fourth-order valence-electron chi connectivity index (χ4n) is 6.00. The van der Waals surface area contributed by atoms with Gasteiger partial charge in [-0.2, -0.15) is 16.8 Å². The molecule has 56 heavy (non-hydrogen) atoms. The van der Waals surface area contributed by atoms with E-state index in [0.717, 1.165) is 24.3 Å². The molecule has 0 atom stereocenters. The number of amides is 4. The molecule has 6 aromatic carbocycles. The number of rotatable bonds is 8. The summed E-state index contributed by atoms with van der Waals surface area (Å²) in [6.07, 6.45) is 0. The van der Waals surface area contributed by atoms with Crippen LogP contribution < -0.4 is 21.3 Å². The Bertz CT molecular complexity index is 2700. The van der Waals surface area contributed by atoms with Crippen molar-refractivity contribution in [3.63, 3.8) is 0 Å². The Morgan fingerprint density at radius 2 is 0.875 bits per heavy atom. The number of fused-ring (bicyclic) bond motifs is 2. The zero-order chi connectivity index (χ0) is 40.7. The van der Waals surface area contributed by atoms with Crippen LogP contribution in [0.1, 0.15) is 31.8 Å². The van der Waals surface area contributed by atoms with Crippen LogP contribution in [0.15, 0.2) is 107 Å². The van der Waals surface area contributed by atoms with Gasteiger partial charge in [0.15, 0.2) is 0 Å². The van der Waals surface area contributed by atoms with Crippen LogP contribution in [0.3, 0.4) is 0 Å². The molecule has 6 aromatic rings. The molecule has 0 saturated carbocycles. The van der Waals surface area contributed by atoms with Crippen molar-refractivity contribution in [3.05, 3.63) is 119 Å². The second-order valence-electron chi connectivity index (χ2n) is 12.4. The number of phenols is 2. The summed E-state index contributed by atoms with van der Waals surface area (Å²) in [6.45, 7) is 3.18. The molecule has 0 spiro atoms. The van der Waals surface area contributed by atoms with Gasteiger partial charge in [0.05, 0.1) is 11.4 Å². The highest BCUT2D eigenvalue weighted by atomic mass is 32.2. The minimum absolute atomic E-state index is 0.0214. The normalized spacial score (nSPS) is 11.6. The van der Waals surface area contributed by atoms with Crippen LogP contribution in [0, 0.1) is 13.8 Å². The first kappa shape index (κ1) is 38.9. The molecule has 18 heteroatoms. The summed E-state index contributed by atoms with van der Waals surface area (Å²) >= 11 is 0. The molecule has 286 valence electrons. The first-order chi connectivity index (χ1) is 26.3. The first-order valence-corrected chi connectivity index (χ1v) is 19.1. The van der Waals surface area contributed by atoms with Crippen molar-refractivity contribution in [2.75, 3.05) is 21.3 Å². The van der Waals surface area contributed by atoms with Crippen molar-refractivity contribution in [1.29, 1.82) is 0 Å². The van der Waals surface area contributed by atoms with E-state index in [0.29, 0.717) is 11.1 Å². The summed E-state index contributed by atoms with van der Waals surface area (Å²) in [5.41, 5.74) is 0.880. The Balaban J connectivity index is 1.19. The molecule has 0 aliphatic carbocycles. The number of anilines is 4. The third kappa shape index (κ3) is 7.84. The molecule has 4 amide bonds. The summed E-state index contributed by atoms with van der Waals surface area (Å²) < 4.78 is 67.9. The Hall–Kier alpha value is -6.86. The molecule has 16 nitrogen and oxygen atoms in total. The summed E-state index contributed by atoms with van der Waals surface area (Å²) in [7, 11) is -9.53. The minimum Gasteiger partial charge on any atom is -0.507 e. The van der Waals surface area contributed by atoms with Crippen LogP contribution in [-0.2, 0) is 29.8 Å². The van der Waals surface area contributed by atoms with Crippen LogP contribution in [0.4, 0.5) is 22.7 Å². The van der Waals surface area contributed by atoms with Gasteiger partial charge >= 0.3 is 11.8 Å². The van der Waals surface area contributed by atoms with Crippen molar-refractivity contribution in [1.82, 2.24) is 0 Å². The molecule has 0 aromatic heterocycles. The predicted molar refractivity (Wildman–Crippen MR) is 206 cm³/mol. The average Bonchev–Trinajstić information content (AvgIpc) is 3.13. The lowest BCUT2D eigenvalue weighted by Crippen LogP contribution is -2.29. The van der Waals surface area contributed by atoms with Crippen LogP contribution >= 0.6 is 0 Å². The molecule has 0 radical (unpaired) electrons. The number of benzene rings is 6. The largest absolute Gasteiger partial charge is 0.507 e. The molecule has 0 unspecified atom stereocenters.